The molecule has 0 unspecified atom stereocenters. The van der Waals surface area contributed by atoms with Crippen LogP contribution in [0.4, 0.5) is 0 Å². The van der Waals surface area contributed by atoms with Crippen LogP contribution in [0.25, 0.3) is 0 Å². The predicted molar refractivity (Wildman–Crippen MR) is 84.8 cm³/mol. The molecule has 0 heterocycles. The van der Waals surface area contributed by atoms with Crippen LogP contribution in [-0.2, 0) is 4.79 Å². The summed E-state index contributed by atoms with van der Waals surface area (Å²) in [5.41, 5.74) is 0.0397. The Labute approximate surface area is 124 Å². The molecule has 4 heteroatoms. The van der Waals surface area contributed by atoms with Gasteiger partial charge in [-0.1, -0.05) is 27.7 Å². The molecule has 1 atom stereocenters. The van der Waals surface area contributed by atoms with E-state index in [1.165, 1.54) is 0 Å². The fourth-order valence-electron chi connectivity index (χ4n) is 2.04. The summed E-state index contributed by atoms with van der Waals surface area (Å²) in [7, 11) is 1.86. The molecule has 3 N–H and O–H groups in total. The number of amides is 1. The first-order valence-corrected chi connectivity index (χ1v) is 7.63. The number of carbonyl (C=O) groups excluding carboxylic acids is 1. The van der Waals surface area contributed by atoms with Crippen LogP contribution in [-0.4, -0.2) is 30.6 Å². The predicted octanol–water partition coefficient (Wildman–Crippen LogP) is 3.15. The molecule has 0 saturated carbocycles. The maximum absolute atomic E-state index is 11.6. The number of hydrogen-bond donors (Lipinski definition) is 3. The minimum Gasteiger partial charge on any atom is -0.511 e. The molecular weight excluding hydrogens is 252 g/mol. The van der Waals surface area contributed by atoms with Crippen LogP contribution in [0.3, 0.4) is 0 Å². The second-order valence-corrected chi connectivity index (χ2v) is 6.46. The smallest absolute Gasteiger partial charge is 0.220 e. The Balaban J connectivity index is 3.80. The largest absolute Gasteiger partial charge is 0.511 e. The molecule has 0 aromatic heterocycles. The Bertz CT molecular complexity index is 306. The number of hydrogen-bond acceptors (Lipinski definition) is 3. The minimum absolute atomic E-state index is 0.0280. The van der Waals surface area contributed by atoms with Crippen molar-refractivity contribution in [1.29, 1.82) is 0 Å². The van der Waals surface area contributed by atoms with Gasteiger partial charge in [0, 0.05) is 13.0 Å². The van der Waals surface area contributed by atoms with Crippen molar-refractivity contribution in [3.8, 4) is 0 Å². The number of allylic oxidation sites excluding steroid dienone is 1. The molecule has 0 bridgehead atoms. The summed E-state index contributed by atoms with van der Waals surface area (Å²) < 4.78 is 0. The Morgan fingerprint density at radius 2 is 1.95 bits per heavy atom. The highest BCUT2D eigenvalue weighted by Crippen LogP contribution is 2.17. The number of aliphatic hydroxyl groups is 1. The number of likely N-dealkylation sites (N-methyl/N-ethyl adjacent to an activating group) is 1. The van der Waals surface area contributed by atoms with E-state index in [1.54, 1.807) is 0 Å². The second kappa shape index (κ2) is 9.81. The van der Waals surface area contributed by atoms with Crippen molar-refractivity contribution >= 4 is 5.91 Å². The average molecular weight is 284 g/mol. The minimum atomic E-state index is 0.0280. The Morgan fingerprint density at radius 1 is 1.30 bits per heavy atom. The molecule has 0 aromatic carbocycles. The molecule has 0 aliphatic rings. The third kappa shape index (κ3) is 9.84. The summed E-state index contributed by atoms with van der Waals surface area (Å²) in [6.07, 6.45) is 6.04. The van der Waals surface area contributed by atoms with Crippen molar-refractivity contribution in [2.24, 2.45) is 5.41 Å². The molecule has 0 rings (SSSR count). The van der Waals surface area contributed by atoms with E-state index in [1.807, 2.05) is 20.0 Å². The van der Waals surface area contributed by atoms with Gasteiger partial charge < -0.3 is 15.7 Å². The van der Waals surface area contributed by atoms with Gasteiger partial charge in [-0.15, -0.1) is 0 Å². The molecule has 20 heavy (non-hydrogen) atoms. The molecule has 1 amide bonds. The van der Waals surface area contributed by atoms with Crippen LogP contribution < -0.4 is 10.6 Å². The van der Waals surface area contributed by atoms with Crippen LogP contribution in [0.5, 0.6) is 0 Å². The maximum Gasteiger partial charge on any atom is 0.220 e. The van der Waals surface area contributed by atoms with Crippen LogP contribution in [0.2, 0.25) is 0 Å². The molecule has 0 aromatic rings. The normalized spacial score (nSPS) is 14.2. The molecule has 118 valence electrons. The molecule has 0 aliphatic heterocycles. The SMILES string of the molecule is CC/C=C(/O)[C@@H](CCCCNC(=O)CC(C)(C)C)NC. The van der Waals surface area contributed by atoms with E-state index in [9.17, 15) is 9.90 Å². The third-order valence-electron chi connectivity index (χ3n) is 3.05. The van der Waals surface area contributed by atoms with Crippen molar-refractivity contribution < 1.29 is 9.90 Å². The average Bonchev–Trinajstić information content (AvgIpc) is 2.31. The lowest BCUT2D eigenvalue weighted by Crippen LogP contribution is -2.29. The summed E-state index contributed by atoms with van der Waals surface area (Å²) in [5, 5.41) is 15.9. The van der Waals surface area contributed by atoms with Gasteiger partial charge in [0.1, 0.15) is 5.76 Å². The van der Waals surface area contributed by atoms with Crippen molar-refractivity contribution in [3.63, 3.8) is 0 Å². The van der Waals surface area contributed by atoms with E-state index in [0.29, 0.717) is 18.7 Å². The number of nitrogens with one attached hydrogen (secondary N) is 2. The fourth-order valence-corrected chi connectivity index (χ4v) is 2.04. The van der Waals surface area contributed by atoms with Crippen LogP contribution in [0.1, 0.15) is 59.8 Å². The quantitative estimate of drug-likeness (QED) is 0.450. The van der Waals surface area contributed by atoms with Crippen molar-refractivity contribution in [3.05, 3.63) is 11.8 Å². The molecule has 0 radical (unpaired) electrons. The lowest BCUT2D eigenvalue weighted by atomic mass is 9.92. The van der Waals surface area contributed by atoms with Gasteiger partial charge in [0.15, 0.2) is 0 Å². The monoisotopic (exact) mass is 284 g/mol. The van der Waals surface area contributed by atoms with E-state index in [2.05, 4.69) is 31.4 Å². The van der Waals surface area contributed by atoms with Gasteiger partial charge in [0.2, 0.25) is 5.91 Å². The highest BCUT2D eigenvalue weighted by atomic mass is 16.3. The summed E-state index contributed by atoms with van der Waals surface area (Å²) in [6, 6.07) is 0.0280. The molecule has 0 aliphatic carbocycles. The van der Waals surface area contributed by atoms with E-state index < -0.39 is 0 Å². The van der Waals surface area contributed by atoms with Gasteiger partial charge in [0.25, 0.3) is 0 Å². The molecule has 0 fully saturated rings. The van der Waals surface area contributed by atoms with Gasteiger partial charge in [-0.2, -0.15) is 0 Å². The van der Waals surface area contributed by atoms with E-state index in [-0.39, 0.29) is 17.4 Å². The van der Waals surface area contributed by atoms with Gasteiger partial charge in [-0.25, -0.2) is 0 Å². The first kappa shape index (κ1) is 19.0. The Hall–Kier alpha value is -1.03. The Morgan fingerprint density at radius 3 is 2.45 bits per heavy atom. The summed E-state index contributed by atoms with van der Waals surface area (Å²) in [5.74, 6) is 0.545. The summed E-state index contributed by atoms with van der Waals surface area (Å²) in [4.78, 5) is 11.6. The molecular formula is C16H32N2O2. The highest BCUT2D eigenvalue weighted by Gasteiger charge is 2.15. The summed E-state index contributed by atoms with van der Waals surface area (Å²) >= 11 is 0. The lowest BCUT2D eigenvalue weighted by Gasteiger charge is -2.18. The lowest BCUT2D eigenvalue weighted by molar-refractivity contribution is -0.122. The van der Waals surface area contributed by atoms with E-state index >= 15 is 0 Å². The number of unbranched alkanes of at least 4 members (excludes halogenated alkanes) is 1. The second-order valence-electron chi connectivity index (χ2n) is 6.46. The van der Waals surface area contributed by atoms with E-state index in [0.717, 1.165) is 25.7 Å². The van der Waals surface area contributed by atoms with Crippen LogP contribution in [0.15, 0.2) is 11.8 Å². The zero-order valence-electron chi connectivity index (χ0n) is 13.8. The molecule has 4 nitrogen and oxygen atoms in total. The molecule has 0 spiro atoms. The first-order chi connectivity index (χ1) is 9.30. The topological polar surface area (TPSA) is 61.4 Å². The fraction of sp³-hybridized carbons (Fsp3) is 0.812. The zero-order valence-corrected chi connectivity index (χ0v) is 13.8. The van der Waals surface area contributed by atoms with Crippen LogP contribution in [0, 0.1) is 5.41 Å². The highest BCUT2D eigenvalue weighted by molar-refractivity contribution is 5.76. The van der Waals surface area contributed by atoms with Crippen molar-refractivity contribution in [2.75, 3.05) is 13.6 Å². The van der Waals surface area contributed by atoms with Crippen molar-refractivity contribution in [1.82, 2.24) is 10.6 Å². The third-order valence-corrected chi connectivity index (χ3v) is 3.05. The Kier molecular flexibility index (Phi) is 9.30. The summed E-state index contributed by atoms with van der Waals surface area (Å²) in [6.45, 7) is 8.91. The van der Waals surface area contributed by atoms with Gasteiger partial charge in [-0.05, 0) is 44.2 Å². The number of rotatable bonds is 9. The van der Waals surface area contributed by atoms with Gasteiger partial charge in [-0.3, -0.25) is 4.79 Å². The van der Waals surface area contributed by atoms with Gasteiger partial charge >= 0.3 is 0 Å². The number of aliphatic hydroxyl groups excluding tert-OH is 1. The van der Waals surface area contributed by atoms with Crippen molar-refractivity contribution in [2.45, 2.75) is 65.8 Å². The van der Waals surface area contributed by atoms with Gasteiger partial charge in [0.05, 0.1) is 6.04 Å². The first-order valence-electron chi connectivity index (χ1n) is 7.63. The maximum atomic E-state index is 11.6. The molecule has 0 saturated heterocycles. The number of carbonyl (C=O) groups is 1. The standard InChI is InChI=1S/C16H32N2O2/c1-6-9-14(19)13(17-5)10-7-8-11-18-15(20)12-16(2,3)4/h9,13,17,19H,6-8,10-12H2,1-5H3,(H,18,20)/b14-9+/t13-/m1/s1. The zero-order chi connectivity index (χ0) is 15.6. The van der Waals surface area contributed by atoms with Crippen LogP contribution >= 0.6 is 0 Å². The van der Waals surface area contributed by atoms with E-state index in [4.69, 9.17) is 0 Å².